The number of anilines is 1. The van der Waals surface area contributed by atoms with Crippen LogP contribution in [0.15, 0.2) is 42.5 Å². The molecule has 0 aliphatic carbocycles. The van der Waals surface area contributed by atoms with E-state index in [4.69, 9.17) is 4.74 Å². The van der Waals surface area contributed by atoms with E-state index in [1.165, 1.54) is 6.92 Å². The molecule has 0 bridgehead atoms. The highest BCUT2D eigenvalue weighted by atomic mass is 16.5. The van der Waals surface area contributed by atoms with Crippen LogP contribution in [0, 0.1) is 13.8 Å². The van der Waals surface area contributed by atoms with Gasteiger partial charge in [0.25, 0.3) is 5.91 Å². The number of carbonyl (C=O) groups is 2. The number of ketones is 1. The van der Waals surface area contributed by atoms with E-state index in [0.29, 0.717) is 11.3 Å². The SMILES string of the molecule is CC(=O)c1cccc(OCC(=O)Nc2cc(C)cc(C)c2)c1. The first-order valence-electron chi connectivity index (χ1n) is 7.06. The summed E-state index contributed by atoms with van der Waals surface area (Å²) in [4.78, 5) is 23.2. The van der Waals surface area contributed by atoms with Gasteiger partial charge in [-0.3, -0.25) is 9.59 Å². The summed E-state index contributed by atoms with van der Waals surface area (Å²) in [6.07, 6.45) is 0. The molecular formula is C18H19NO3. The van der Waals surface area contributed by atoms with Gasteiger partial charge < -0.3 is 10.1 Å². The summed E-state index contributed by atoms with van der Waals surface area (Å²) in [7, 11) is 0. The van der Waals surface area contributed by atoms with E-state index in [9.17, 15) is 9.59 Å². The van der Waals surface area contributed by atoms with Crippen LogP contribution >= 0.6 is 0 Å². The number of hydrogen-bond donors (Lipinski definition) is 1. The Bertz CT molecular complexity index is 687. The maximum Gasteiger partial charge on any atom is 0.262 e. The van der Waals surface area contributed by atoms with Gasteiger partial charge in [-0.15, -0.1) is 0 Å². The number of nitrogens with one attached hydrogen (secondary N) is 1. The van der Waals surface area contributed by atoms with Crippen molar-refractivity contribution in [3.05, 3.63) is 59.2 Å². The van der Waals surface area contributed by atoms with Crippen LogP contribution < -0.4 is 10.1 Å². The Hall–Kier alpha value is -2.62. The van der Waals surface area contributed by atoms with E-state index in [1.807, 2.05) is 32.0 Å². The summed E-state index contributed by atoms with van der Waals surface area (Å²) in [5.74, 6) is 0.228. The molecule has 0 aliphatic rings. The second kappa shape index (κ2) is 6.89. The van der Waals surface area contributed by atoms with E-state index in [1.54, 1.807) is 24.3 Å². The minimum absolute atomic E-state index is 0.0369. The van der Waals surface area contributed by atoms with Gasteiger partial charge in [0.05, 0.1) is 0 Å². The molecule has 1 amide bonds. The fourth-order valence-corrected chi connectivity index (χ4v) is 2.20. The molecule has 0 aliphatic heterocycles. The van der Waals surface area contributed by atoms with Crippen molar-refractivity contribution in [3.8, 4) is 5.75 Å². The second-order valence-electron chi connectivity index (χ2n) is 5.30. The Kier molecular flexibility index (Phi) is 4.94. The van der Waals surface area contributed by atoms with Gasteiger partial charge in [0.15, 0.2) is 12.4 Å². The molecule has 0 fully saturated rings. The van der Waals surface area contributed by atoms with E-state index in [0.717, 1.165) is 16.8 Å². The van der Waals surface area contributed by atoms with Crippen molar-refractivity contribution in [1.29, 1.82) is 0 Å². The third-order valence-electron chi connectivity index (χ3n) is 3.12. The first kappa shape index (κ1) is 15.8. The Labute approximate surface area is 130 Å². The predicted molar refractivity (Wildman–Crippen MR) is 86.5 cm³/mol. The number of Topliss-reactive ketones (excluding diaryl/α,β-unsaturated/α-hetero) is 1. The van der Waals surface area contributed by atoms with Crippen LogP contribution in [0.4, 0.5) is 5.69 Å². The quantitative estimate of drug-likeness (QED) is 0.859. The first-order valence-corrected chi connectivity index (χ1v) is 7.06. The summed E-state index contributed by atoms with van der Waals surface area (Å²) in [6, 6.07) is 12.6. The van der Waals surface area contributed by atoms with Crippen LogP contribution in [0.3, 0.4) is 0 Å². The maximum atomic E-state index is 11.9. The van der Waals surface area contributed by atoms with Crippen molar-refractivity contribution in [2.45, 2.75) is 20.8 Å². The summed E-state index contributed by atoms with van der Waals surface area (Å²) < 4.78 is 5.43. The summed E-state index contributed by atoms with van der Waals surface area (Å²) in [5, 5.41) is 2.80. The normalized spacial score (nSPS) is 10.1. The van der Waals surface area contributed by atoms with E-state index in [2.05, 4.69) is 5.32 Å². The van der Waals surface area contributed by atoms with Gasteiger partial charge in [0, 0.05) is 11.3 Å². The average Bonchev–Trinajstić information content (AvgIpc) is 2.44. The van der Waals surface area contributed by atoms with E-state index in [-0.39, 0.29) is 18.3 Å². The van der Waals surface area contributed by atoms with Gasteiger partial charge in [-0.2, -0.15) is 0 Å². The van der Waals surface area contributed by atoms with Crippen LogP contribution in [-0.2, 0) is 4.79 Å². The second-order valence-corrected chi connectivity index (χ2v) is 5.30. The van der Waals surface area contributed by atoms with Gasteiger partial charge in [-0.05, 0) is 56.2 Å². The minimum atomic E-state index is -0.238. The minimum Gasteiger partial charge on any atom is -0.484 e. The highest BCUT2D eigenvalue weighted by molar-refractivity contribution is 5.94. The molecule has 0 saturated carbocycles. The standard InChI is InChI=1S/C18H19NO3/c1-12-7-13(2)9-16(8-12)19-18(21)11-22-17-6-4-5-15(10-17)14(3)20/h4-10H,11H2,1-3H3,(H,19,21). The highest BCUT2D eigenvalue weighted by Crippen LogP contribution is 2.15. The molecule has 4 heteroatoms. The molecule has 2 aromatic rings. The molecule has 0 saturated heterocycles. The lowest BCUT2D eigenvalue weighted by Gasteiger charge is -2.09. The number of carbonyl (C=O) groups excluding carboxylic acids is 2. The lowest BCUT2D eigenvalue weighted by Crippen LogP contribution is -2.20. The molecule has 114 valence electrons. The summed E-state index contributed by atoms with van der Waals surface area (Å²) in [5.41, 5.74) is 3.49. The zero-order valence-corrected chi connectivity index (χ0v) is 13.0. The highest BCUT2D eigenvalue weighted by Gasteiger charge is 2.06. The fourth-order valence-electron chi connectivity index (χ4n) is 2.20. The molecular weight excluding hydrogens is 278 g/mol. The number of rotatable bonds is 5. The van der Waals surface area contributed by atoms with Crippen molar-refractivity contribution < 1.29 is 14.3 Å². The molecule has 2 rings (SSSR count). The third-order valence-corrected chi connectivity index (χ3v) is 3.12. The molecule has 4 nitrogen and oxygen atoms in total. The third kappa shape index (κ3) is 4.45. The smallest absolute Gasteiger partial charge is 0.262 e. The Morgan fingerprint density at radius 2 is 1.73 bits per heavy atom. The van der Waals surface area contributed by atoms with Crippen LogP contribution in [0.25, 0.3) is 0 Å². The monoisotopic (exact) mass is 297 g/mol. The van der Waals surface area contributed by atoms with Crippen molar-refractivity contribution in [2.24, 2.45) is 0 Å². The fraction of sp³-hybridized carbons (Fsp3) is 0.222. The first-order chi connectivity index (χ1) is 10.4. The molecule has 0 spiro atoms. The molecule has 0 atom stereocenters. The zero-order valence-electron chi connectivity index (χ0n) is 13.0. The molecule has 22 heavy (non-hydrogen) atoms. The van der Waals surface area contributed by atoms with Gasteiger partial charge in [-0.1, -0.05) is 18.2 Å². The molecule has 0 heterocycles. The van der Waals surface area contributed by atoms with Crippen LogP contribution in [-0.4, -0.2) is 18.3 Å². The Morgan fingerprint density at radius 1 is 1.05 bits per heavy atom. The zero-order chi connectivity index (χ0) is 16.1. The molecule has 2 aromatic carbocycles. The molecule has 0 unspecified atom stereocenters. The number of ether oxygens (including phenoxy) is 1. The predicted octanol–water partition coefficient (Wildman–Crippen LogP) is 3.52. The van der Waals surface area contributed by atoms with Crippen LogP contribution in [0.2, 0.25) is 0 Å². The molecule has 1 N–H and O–H groups in total. The lowest BCUT2D eigenvalue weighted by atomic mass is 10.1. The van der Waals surface area contributed by atoms with Gasteiger partial charge in [0.1, 0.15) is 5.75 Å². The van der Waals surface area contributed by atoms with Crippen LogP contribution in [0.1, 0.15) is 28.4 Å². The van der Waals surface area contributed by atoms with Crippen molar-refractivity contribution in [1.82, 2.24) is 0 Å². The molecule has 0 radical (unpaired) electrons. The number of benzene rings is 2. The van der Waals surface area contributed by atoms with Gasteiger partial charge in [-0.25, -0.2) is 0 Å². The lowest BCUT2D eigenvalue weighted by molar-refractivity contribution is -0.118. The van der Waals surface area contributed by atoms with Crippen molar-refractivity contribution in [3.63, 3.8) is 0 Å². The number of hydrogen-bond acceptors (Lipinski definition) is 3. The summed E-state index contributed by atoms with van der Waals surface area (Å²) in [6.45, 7) is 5.35. The maximum absolute atomic E-state index is 11.9. The van der Waals surface area contributed by atoms with Crippen molar-refractivity contribution in [2.75, 3.05) is 11.9 Å². The topological polar surface area (TPSA) is 55.4 Å². The number of aryl methyl sites for hydroxylation is 2. The molecule has 0 aromatic heterocycles. The largest absolute Gasteiger partial charge is 0.484 e. The van der Waals surface area contributed by atoms with Crippen molar-refractivity contribution >= 4 is 17.4 Å². The van der Waals surface area contributed by atoms with Crippen LogP contribution in [0.5, 0.6) is 5.75 Å². The van der Waals surface area contributed by atoms with E-state index < -0.39 is 0 Å². The van der Waals surface area contributed by atoms with E-state index >= 15 is 0 Å². The number of amides is 1. The summed E-state index contributed by atoms with van der Waals surface area (Å²) >= 11 is 0. The Balaban J connectivity index is 1.95. The average molecular weight is 297 g/mol. The van der Waals surface area contributed by atoms with Gasteiger partial charge >= 0.3 is 0 Å². The Morgan fingerprint density at radius 3 is 2.36 bits per heavy atom. The van der Waals surface area contributed by atoms with Gasteiger partial charge in [0.2, 0.25) is 0 Å².